The first-order valence-corrected chi connectivity index (χ1v) is 5.12. The molecule has 1 fully saturated rings. The van der Waals surface area contributed by atoms with Crippen molar-refractivity contribution in [1.29, 1.82) is 0 Å². The summed E-state index contributed by atoms with van der Waals surface area (Å²) in [5.41, 5.74) is 3.58. The standard InChI is InChI=1S/C11H16FN3/c1-11(2)5-8(11)10(15-13)7-3-4-14-6-9(7)12/h3-4,6,8,10,15H,5,13H2,1-2H3. The molecule has 1 heterocycles. The van der Waals surface area contributed by atoms with Gasteiger partial charge in [-0.3, -0.25) is 16.3 Å². The second-order valence-electron chi connectivity index (χ2n) is 4.84. The van der Waals surface area contributed by atoms with Gasteiger partial charge in [0.2, 0.25) is 0 Å². The van der Waals surface area contributed by atoms with Crippen LogP contribution in [0.3, 0.4) is 0 Å². The van der Waals surface area contributed by atoms with E-state index >= 15 is 0 Å². The predicted octanol–water partition coefficient (Wildman–Crippen LogP) is 1.77. The molecular formula is C11H16FN3. The van der Waals surface area contributed by atoms with E-state index in [0.29, 0.717) is 11.5 Å². The molecule has 4 heteroatoms. The number of nitrogens with two attached hydrogens (primary N) is 1. The molecule has 15 heavy (non-hydrogen) atoms. The third-order valence-corrected chi connectivity index (χ3v) is 3.31. The van der Waals surface area contributed by atoms with E-state index in [1.807, 2.05) is 0 Å². The number of aromatic nitrogens is 1. The van der Waals surface area contributed by atoms with Gasteiger partial charge in [0.1, 0.15) is 5.82 Å². The molecule has 2 atom stereocenters. The van der Waals surface area contributed by atoms with Crippen LogP contribution in [0.2, 0.25) is 0 Å². The van der Waals surface area contributed by atoms with Crippen molar-refractivity contribution in [2.75, 3.05) is 0 Å². The highest BCUT2D eigenvalue weighted by atomic mass is 19.1. The zero-order chi connectivity index (χ0) is 11.1. The van der Waals surface area contributed by atoms with Crippen LogP contribution in [0.1, 0.15) is 31.9 Å². The zero-order valence-corrected chi connectivity index (χ0v) is 9.00. The molecule has 1 aliphatic carbocycles. The molecule has 3 N–H and O–H groups in total. The summed E-state index contributed by atoms with van der Waals surface area (Å²) in [5, 5.41) is 0. The van der Waals surface area contributed by atoms with E-state index in [1.54, 1.807) is 12.3 Å². The summed E-state index contributed by atoms with van der Waals surface area (Å²) < 4.78 is 13.5. The Morgan fingerprint density at radius 1 is 1.67 bits per heavy atom. The molecule has 3 nitrogen and oxygen atoms in total. The van der Waals surface area contributed by atoms with Crippen molar-refractivity contribution >= 4 is 0 Å². The quantitative estimate of drug-likeness (QED) is 0.589. The zero-order valence-electron chi connectivity index (χ0n) is 9.00. The molecule has 2 unspecified atom stereocenters. The molecule has 0 bridgehead atoms. The van der Waals surface area contributed by atoms with Crippen LogP contribution < -0.4 is 11.3 Å². The minimum absolute atomic E-state index is 0.108. The van der Waals surface area contributed by atoms with Gasteiger partial charge in [-0.25, -0.2) is 4.39 Å². The van der Waals surface area contributed by atoms with Crippen LogP contribution in [0.5, 0.6) is 0 Å². The molecule has 1 aromatic heterocycles. The van der Waals surface area contributed by atoms with Crippen LogP contribution >= 0.6 is 0 Å². The minimum Gasteiger partial charge on any atom is -0.271 e. The van der Waals surface area contributed by atoms with Gasteiger partial charge in [-0.2, -0.15) is 0 Å². The van der Waals surface area contributed by atoms with Gasteiger partial charge in [0, 0.05) is 11.8 Å². The third kappa shape index (κ3) is 1.87. The Bertz CT molecular complexity index is 365. The second-order valence-corrected chi connectivity index (χ2v) is 4.84. The Morgan fingerprint density at radius 3 is 2.80 bits per heavy atom. The fraction of sp³-hybridized carbons (Fsp3) is 0.545. The van der Waals surface area contributed by atoms with Gasteiger partial charge in [-0.15, -0.1) is 0 Å². The molecule has 2 rings (SSSR count). The summed E-state index contributed by atoms with van der Waals surface area (Å²) in [7, 11) is 0. The molecule has 0 spiro atoms. The summed E-state index contributed by atoms with van der Waals surface area (Å²) in [6, 6.07) is 1.58. The highest BCUT2D eigenvalue weighted by Crippen LogP contribution is 2.57. The number of hydrazine groups is 1. The Labute approximate surface area is 88.9 Å². The molecule has 1 saturated carbocycles. The first-order chi connectivity index (χ1) is 7.06. The van der Waals surface area contributed by atoms with Crippen molar-refractivity contribution < 1.29 is 4.39 Å². The van der Waals surface area contributed by atoms with E-state index in [2.05, 4.69) is 24.3 Å². The lowest BCUT2D eigenvalue weighted by Gasteiger charge is -2.18. The lowest BCUT2D eigenvalue weighted by atomic mass is 9.98. The van der Waals surface area contributed by atoms with Gasteiger partial charge in [0.25, 0.3) is 0 Å². The van der Waals surface area contributed by atoms with Gasteiger partial charge in [-0.1, -0.05) is 13.8 Å². The summed E-state index contributed by atoms with van der Waals surface area (Å²) >= 11 is 0. The molecule has 82 valence electrons. The molecule has 1 aliphatic rings. The largest absolute Gasteiger partial charge is 0.271 e. The predicted molar refractivity (Wildman–Crippen MR) is 56.1 cm³/mol. The Kier molecular flexibility index (Phi) is 2.48. The number of nitrogens with one attached hydrogen (secondary N) is 1. The van der Waals surface area contributed by atoms with Crippen molar-refractivity contribution in [1.82, 2.24) is 10.4 Å². The summed E-state index contributed by atoms with van der Waals surface area (Å²) in [6.45, 7) is 4.34. The highest BCUT2D eigenvalue weighted by molar-refractivity contribution is 5.22. The van der Waals surface area contributed by atoms with Crippen molar-refractivity contribution in [2.45, 2.75) is 26.3 Å². The maximum atomic E-state index is 13.5. The molecular weight excluding hydrogens is 193 g/mol. The third-order valence-electron chi connectivity index (χ3n) is 3.31. The molecule has 0 aliphatic heterocycles. The van der Waals surface area contributed by atoms with Crippen LogP contribution in [0, 0.1) is 17.2 Å². The van der Waals surface area contributed by atoms with Crippen LogP contribution in [-0.4, -0.2) is 4.98 Å². The van der Waals surface area contributed by atoms with E-state index in [0.717, 1.165) is 6.42 Å². The van der Waals surface area contributed by atoms with E-state index in [-0.39, 0.29) is 17.3 Å². The molecule has 1 aromatic rings. The van der Waals surface area contributed by atoms with Crippen molar-refractivity contribution in [2.24, 2.45) is 17.2 Å². The average molecular weight is 209 g/mol. The first kappa shape index (κ1) is 10.5. The molecule has 0 amide bonds. The number of hydrogen-bond donors (Lipinski definition) is 2. The smallest absolute Gasteiger partial charge is 0.146 e. The van der Waals surface area contributed by atoms with Crippen LogP contribution in [-0.2, 0) is 0 Å². The number of hydrogen-bond acceptors (Lipinski definition) is 3. The fourth-order valence-corrected chi connectivity index (χ4v) is 2.14. The van der Waals surface area contributed by atoms with E-state index in [4.69, 9.17) is 5.84 Å². The van der Waals surface area contributed by atoms with Crippen molar-refractivity contribution in [3.8, 4) is 0 Å². The van der Waals surface area contributed by atoms with Gasteiger partial charge < -0.3 is 0 Å². The summed E-state index contributed by atoms with van der Waals surface area (Å²) in [6.07, 6.45) is 3.90. The number of pyridine rings is 1. The topological polar surface area (TPSA) is 50.9 Å². The number of rotatable bonds is 3. The average Bonchev–Trinajstić information content (AvgIpc) is 2.80. The highest BCUT2D eigenvalue weighted by Gasteiger charge is 2.50. The normalized spacial score (nSPS) is 24.9. The van der Waals surface area contributed by atoms with Crippen molar-refractivity contribution in [3.05, 3.63) is 29.8 Å². The van der Waals surface area contributed by atoms with Crippen LogP contribution in [0.4, 0.5) is 4.39 Å². The first-order valence-electron chi connectivity index (χ1n) is 5.12. The van der Waals surface area contributed by atoms with Crippen molar-refractivity contribution in [3.63, 3.8) is 0 Å². The molecule has 0 radical (unpaired) electrons. The molecule has 0 saturated heterocycles. The lowest BCUT2D eigenvalue weighted by molar-refractivity contribution is 0.408. The van der Waals surface area contributed by atoms with E-state index in [1.165, 1.54) is 6.20 Å². The van der Waals surface area contributed by atoms with Gasteiger partial charge in [0.05, 0.1) is 12.2 Å². The lowest BCUT2D eigenvalue weighted by Crippen LogP contribution is -2.31. The van der Waals surface area contributed by atoms with Gasteiger partial charge in [-0.05, 0) is 23.8 Å². The maximum Gasteiger partial charge on any atom is 0.146 e. The Morgan fingerprint density at radius 2 is 2.33 bits per heavy atom. The summed E-state index contributed by atoms with van der Waals surface area (Å²) in [5.74, 6) is 5.61. The second kappa shape index (κ2) is 3.54. The van der Waals surface area contributed by atoms with Crippen LogP contribution in [0.15, 0.2) is 18.5 Å². The number of nitrogens with zero attached hydrogens (tertiary/aromatic N) is 1. The van der Waals surface area contributed by atoms with Crippen LogP contribution in [0.25, 0.3) is 0 Å². The SMILES string of the molecule is CC1(C)CC1C(NN)c1ccncc1F. The van der Waals surface area contributed by atoms with E-state index in [9.17, 15) is 4.39 Å². The Hall–Kier alpha value is -1.00. The summed E-state index contributed by atoms with van der Waals surface area (Å²) in [4.78, 5) is 3.73. The maximum absolute atomic E-state index is 13.5. The van der Waals surface area contributed by atoms with E-state index < -0.39 is 0 Å². The molecule has 0 aromatic carbocycles. The Balaban J connectivity index is 2.25. The minimum atomic E-state index is -0.289. The monoisotopic (exact) mass is 209 g/mol. The van der Waals surface area contributed by atoms with Gasteiger partial charge in [0.15, 0.2) is 0 Å². The fourth-order valence-electron chi connectivity index (χ4n) is 2.14. The number of halogens is 1. The van der Waals surface area contributed by atoms with Gasteiger partial charge >= 0.3 is 0 Å².